The zero-order chi connectivity index (χ0) is 20.5. The molecule has 0 saturated heterocycles. The Morgan fingerprint density at radius 3 is 2.29 bits per heavy atom. The normalized spacial score (nSPS) is 51.1. The highest BCUT2D eigenvalue weighted by Gasteiger charge is 2.62. The molecule has 160 valence electrons. The molecule has 8 atom stereocenters. The molecule has 2 N–H and O–H groups in total. The molecule has 4 aliphatic rings. The van der Waals surface area contributed by atoms with Crippen molar-refractivity contribution >= 4 is 16.2 Å². The molecule has 7 heteroatoms. The summed E-state index contributed by atoms with van der Waals surface area (Å²) in [5, 5.41) is 10.6. The summed E-state index contributed by atoms with van der Waals surface area (Å²) >= 11 is 0. The lowest BCUT2D eigenvalue weighted by Gasteiger charge is -2.61. The van der Waals surface area contributed by atoms with Crippen molar-refractivity contribution in [2.24, 2.45) is 40.4 Å². The van der Waals surface area contributed by atoms with E-state index in [1.165, 1.54) is 0 Å². The molecule has 4 rings (SSSR count). The Balaban J connectivity index is 1.56. The van der Waals surface area contributed by atoms with Crippen LogP contribution in [0.1, 0.15) is 78.6 Å². The number of carbonyl (C=O) groups is 1. The van der Waals surface area contributed by atoms with Crippen LogP contribution in [0.3, 0.4) is 0 Å². The average Bonchev–Trinajstić information content (AvgIpc) is 2.91. The van der Waals surface area contributed by atoms with Crippen LogP contribution in [0.2, 0.25) is 0 Å². The number of aliphatic hydroxyl groups is 1. The van der Waals surface area contributed by atoms with Crippen LogP contribution in [0.5, 0.6) is 0 Å². The number of hydrogen-bond donors (Lipinski definition) is 2. The van der Waals surface area contributed by atoms with E-state index in [0.717, 1.165) is 38.5 Å². The lowest BCUT2D eigenvalue weighted by Crippen LogP contribution is -2.56. The summed E-state index contributed by atoms with van der Waals surface area (Å²) in [6.45, 7) is 6.39. The third kappa shape index (κ3) is 3.17. The van der Waals surface area contributed by atoms with Gasteiger partial charge in [0.05, 0.1) is 0 Å². The maximum Gasteiger partial charge on any atom is 0.400 e. The lowest BCUT2D eigenvalue weighted by molar-refractivity contribution is -0.219. The molecule has 28 heavy (non-hydrogen) atoms. The average molecular weight is 415 g/mol. The van der Waals surface area contributed by atoms with Crippen molar-refractivity contribution in [3.8, 4) is 0 Å². The maximum atomic E-state index is 12.2. The summed E-state index contributed by atoms with van der Waals surface area (Å²) in [6, 6.07) is 0. The first-order valence-electron chi connectivity index (χ1n) is 10.8. The topological polar surface area (TPSA) is 101 Å². The van der Waals surface area contributed by atoms with Gasteiger partial charge >= 0.3 is 10.4 Å². The van der Waals surface area contributed by atoms with Crippen LogP contribution in [-0.2, 0) is 19.4 Å². The van der Waals surface area contributed by atoms with Crippen LogP contribution in [0.4, 0.5) is 0 Å². The summed E-state index contributed by atoms with van der Waals surface area (Å²) in [4.78, 5) is 12.2. The summed E-state index contributed by atoms with van der Waals surface area (Å²) < 4.78 is 36.0. The summed E-state index contributed by atoms with van der Waals surface area (Å²) in [5.41, 5.74) is 0.174. The van der Waals surface area contributed by atoms with Gasteiger partial charge in [-0.3, -0.25) is 9.35 Å². The molecule has 0 unspecified atom stereocenters. The highest BCUT2D eigenvalue weighted by molar-refractivity contribution is 7.80. The second kappa shape index (κ2) is 6.50. The number of Topliss-reactive ketones (excluding diaryl/α,β-unsaturated/α-hetero) is 1. The first kappa shape index (κ1) is 20.8. The van der Waals surface area contributed by atoms with E-state index in [9.17, 15) is 18.3 Å². The predicted octanol–water partition coefficient (Wildman–Crippen LogP) is 3.74. The summed E-state index contributed by atoms with van der Waals surface area (Å²) in [6.07, 6.45) is 7.52. The van der Waals surface area contributed by atoms with Gasteiger partial charge in [0.2, 0.25) is 0 Å². The van der Waals surface area contributed by atoms with E-state index in [1.54, 1.807) is 6.92 Å². The van der Waals surface area contributed by atoms with Gasteiger partial charge in [0.1, 0.15) is 5.78 Å². The van der Waals surface area contributed by atoms with E-state index in [1.807, 2.05) is 0 Å². The molecule has 4 saturated carbocycles. The van der Waals surface area contributed by atoms with E-state index in [0.29, 0.717) is 30.0 Å². The second-order valence-electron chi connectivity index (χ2n) is 10.6. The predicted molar refractivity (Wildman–Crippen MR) is 103 cm³/mol. The molecule has 0 aromatic rings. The van der Waals surface area contributed by atoms with E-state index >= 15 is 0 Å². The SMILES string of the molecule is CC(=O)[C@H]1CC[C@H]2[C@@H]3CC[C@H]4C[C@](O)(OS(=O)(=O)O)CC[C@]4(C)[C@H]3CC[C@]12C. The fourth-order valence-corrected chi connectivity index (χ4v) is 8.69. The van der Waals surface area contributed by atoms with Gasteiger partial charge in [-0.1, -0.05) is 13.8 Å². The standard InChI is InChI=1S/C21H34O6S/c1-13(22)16-6-7-17-15-5-4-14-12-21(23,27-28(24,25)26)11-10-19(14,2)18(15)8-9-20(16,17)3/h14-18,23H,4-12H2,1-3H3,(H,24,25,26)/t14-,15-,16+,17-,18-,19-,20+,21+/m0/s1. The monoisotopic (exact) mass is 414 g/mol. The van der Waals surface area contributed by atoms with Crippen LogP contribution in [-0.4, -0.2) is 29.6 Å². The molecular weight excluding hydrogens is 380 g/mol. The molecule has 0 spiro atoms. The minimum Gasteiger partial charge on any atom is -0.364 e. The van der Waals surface area contributed by atoms with E-state index < -0.39 is 16.2 Å². The van der Waals surface area contributed by atoms with Crippen molar-refractivity contribution in [1.82, 2.24) is 0 Å². The van der Waals surface area contributed by atoms with Crippen LogP contribution in [0, 0.1) is 40.4 Å². The van der Waals surface area contributed by atoms with Crippen LogP contribution in [0.15, 0.2) is 0 Å². The van der Waals surface area contributed by atoms with Gasteiger partial charge in [0.15, 0.2) is 5.79 Å². The van der Waals surface area contributed by atoms with E-state index in [4.69, 9.17) is 4.55 Å². The Kier molecular flexibility index (Phi) is 4.82. The minimum atomic E-state index is -4.68. The Hall–Kier alpha value is -0.500. The molecule has 0 aromatic carbocycles. The molecule has 0 heterocycles. The Bertz CT molecular complexity index is 765. The van der Waals surface area contributed by atoms with E-state index in [2.05, 4.69) is 18.0 Å². The number of rotatable bonds is 3. The van der Waals surface area contributed by atoms with Gasteiger partial charge < -0.3 is 5.11 Å². The minimum absolute atomic E-state index is 0.0490. The molecule has 0 amide bonds. The summed E-state index contributed by atoms with van der Waals surface area (Å²) in [5.74, 6) is 0.678. The van der Waals surface area contributed by atoms with Gasteiger partial charge in [0, 0.05) is 18.8 Å². The molecule has 0 bridgehead atoms. The lowest BCUT2D eigenvalue weighted by atomic mass is 9.44. The zero-order valence-electron chi connectivity index (χ0n) is 17.2. The number of ketones is 1. The molecular formula is C21H34O6S. The third-order valence-electron chi connectivity index (χ3n) is 9.44. The van der Waals surface area contributed by atoms with Gasteiger partial charge in [-0.25, -0.2) is 4.18 Å². The first-order valence-corrected chi connectivity index (χ1v) is 12.2. The van der Waals surface area contributed by atoms with Crippen LogP contribution < -0.4 is 0 Å². The third-order valence-corrected chi connectivity index (χ3v) is 9.96. The van der Waals surface area contributed by atoms with Crippen molar-refractivity contribution in [2.75, 3.05) is 0 Å². The van der Waals surface area contributed by atoms with Crippen molar-refractivity contribution in [2.45, 2.75) is 84.3 Å². The fourth-order valence-electron chi connectivity index (χ4n) is 8.15. The largest absolute Gasteiger partial charge is 0.400 e. The van der Waals surface area contributed by atoms with Crippen molar-refractivity contribution < 1.29 is 27.1 Å². The number of hydrogen-bond acceptors (Lipinski definition) is 5. The van der Waals surface area contributed by atoms with Crippen molar-refractivity contribution in [1.29, 1.82) is 0 Å². The van der Waals surface area contributed by atoms with Gasteiger partial charge in [-0.05, 0) is 86.4 Å². The molecule has 0 aliphatic heterocycles. The van der Waals surface area contributed by atoms with Crippen LogP contribution in [0.25, 0.3) is 0 Å². The number of fused-ring (bicyclic) bond motifs is 5. The molecule has 0 radical (unpaired) electrons. The molecule has 4 fully saturated rings. The van der Waals surface area contributed by atoms with Crippen molar-refractivity contribution in [3.63, 3.8) is 0 Å². The quantitative estimate of drug-likeness (QED) is 0.539. The first-order chi connectivity index (χ1) is 12.9. The smallest absolute Gasteiger partial charge is 0.364 e. The second-order valence-corrected chi connectivity index (χ2v) is 11.6. The number of carbonyl (C=O) groups excluding carboxylic acids is 1. The Labute approximate surface area is 168 Å². The molecule has 0 aromatic heterocycles. The Morgan fingerprint density at radius 1 is 0.964 bits per heavy atom. The summed E-state index contributed by atoms with van der Waals surface area (Å²) in [7, 11) is -4.68. The van der Waals surface area contributed by atoms with Crippen molar-refractivity contribution in [3.05, 3.63) is 0 Å². The Morgan fingerprint density at radius 2 is 1.64 bits per heavy atom. The zero-order valence-corrected chi connectivity index (χ0v) is 18.0. The van der Waals surface area contributed by atoms with Gasteiger partial charge in [0.25, 0.3) is 0 Å². The fraction of sp³-hybridized carbons (Fsp3) is 0.952. The maximum absolute atomic E-state index is 12.2. The van der Waals surface area contributed by atoms with Crippen LogP contribution >= 0.6 is 0 Å². The molecule has 4 aliphatic carbocycles. The highest BCUT2D eigenvalue weighted by atomic mass is 32.3. The van der Waals surface area contributed by atoms with Gasteiger partial charge in [-0.2, -0.15) is 8.42 Å². The molecule has 6 nitrogen and oxygen atoms in total. The van der Waals surface area contributed by atoms with Gasteiger partial charge in [-0.15, -0.1) is 0 Å². The van der Waals surface area contributed by atoms with E-state index in [-0.39, 0.29) is 35.5 Å². The highest BCUT2D eigenvalue weighted by Crippen LogP contribution is 2.68.